The number of carboxylic acids is 2. The molecule has 650 valence electrons. The van der Waals surface area contributed by atoms with Gasteiger partial charge in [0.1, 0.15) is 48.4 Å². The number of anilines is 2. The van der Waals surface area contributed by atoms with Gasteiger partial charge in [-0.2, -0.15) is 18.6 Å². The van der Waals surface area contributed by atoms with Crippen LogP contribution in [0.2, 0.25) is 0 Å². The van der Waals surface area contributed by atoms with Gasteiger partial charge in [-0.25, -0.2) is 18.5 Å². The Bertz CT molecular complexity index is 3800. The molecule has 35 nitrogen and oxygen atoms in total. The highest BCUT2D eigenvalue weighted by atomic mass is 33.1. The molecule has 0 bridgehead atoms. The van der Waals surface area contributed by atoms with Crippen molar-refractivity contribution in [2.24, 2.45) is 29.6 Å². The number of ether oxygens (including phenoxy) is 1. The zero-order valence-electron chi connectivity index (χ0n) is 66.3. The Balaban J connectivity index is 0.000000537. The van der Waals surface area contributed by atoms with Crippen molar-refractivity contribution >= 4 is 121 Å². The molecule has 0 spiro atoms. The average Bonchev–Trinajstić information content (AvgIpc) is 1.61. The van der Waals surface area contributed by atoms with E-state index in [9.17, 15) is 82.0 Å². The summed E-state index contributed by atoms with van der Waals surface area (Å²) in [6, 6.07) is -5.88. The number of phosphoric ester groups is 1. The van der Waals surface area contributed by atoms with E-state index in [1.165, 1.54) is 124 Å². The van der Waals surface area contributed by atoms with Crippen LogP contribution in [-0.2, 0) is 74.7 Å². The minimum absolute atomic E-state index is 0.0263. The Morgan fingerprint density at radius 1 is 0.595 bits per heavy atom. The summed E-state index contributed by atoms with van der Waals surface area (Å²) in [6.45, 7) is -0.0644. The molecule has 9 fully saturated rings. The van der Waals surface area contributed by atoms with Gasteiger partial charge in [-0.1, -0.05) is 181 Å². The van der Waals surface area contributed by atoms with Crippen molar-refractivity contribution in [3.63, 3.8) is 0 Å². The fraction of sp³-hybridized carbons (Fsp3) is 0.776. The SMILES string of the molecule is C1CCC(C2CCCCC2)CC1.C1CCC(C2CCCCC2)CC1.Nc1nc(N)c2c(C#CCNC(=O)CCSSCCC(=O)N3CCCC3C(=O)N3CCCC3C(=O)NC(CCCCNC(=O)C3CCCCC3)C(=O)N3CCCC3C(=O)NC(CC(=O)O)C(=O)O)cn(C3CC(O)C(COP(=O)(O)OP(=O)(O)OP(=O)(O)O)O3)c2n1. The van der Waals surface area contributed by atoms with E-state index in [1.54, 1.807) is 51.4 Å². The highest BCUT2D eigenvalue weighted by molar-refractivity contribution is 8.76. The number of nitrogens with zero attached hydrogens (tertiary/aromatic N) is 6. The molecule has 4 aliphatic heterocycles. The highest BCUT2D eigenvalue weighted by Gasteiger charge is 2.47. The van der Waals surface area contributed by atoms with E-state index >= 15 is 0 Å². The van der Waals surface area contributed by atoms with Gasteiger partial charge in [0.15, 0.2) is 5.65 Å². The molecule has 0 radical (unpaired) electrons. The zero-order valence-corrected chi connectivity index (χ0v) is 70.6. The predicted molar refractivity (Wildman–Crippen MR) is 432 cm³/mol. The van der Waals surface area contributed by atoms with Crippen LogP contribution in [0.1, 0.15) is 256 Å². The molecule has 116 heavy (non-hydrogen) atoms. The molecule has 2 aromatic rings. The number of carboxylic acid groups (broad SMARTS) is 2. The average molecular weight is 1730 g/mol. The summed E-state index contributed by atoms with van der Waals surface area (Å²) < 4.78 is 54.2. The molecule has 11 rings (SSSR count). The Morgan fingerprint density at radius 2 is 1.11 bits per heavy atom. The Kier molecular flexibility index (Phi) is 37.4. The fourth-order valence-corrected chi connectivity index (χ4v) is 23.0. The lowest BCUT2D eigenvalue weighted by molar-refractivity contribution is -0.149. The van der Waals surface area contributed by atoms with E-state index in [1.807, 2.05) is 0 Å². The van der Waals surface area contributed by atoms with Gasteiger partial charge in [-0.15, -0.1) is 0 Å². The number of carbonyl (C=O) groups is 9. The molecule has 15 N–H and O–H groups in total. The molecule has 2 aromatic heterocycles. The lowest BCUT2D eigenvalue weighted by Gasteiger charge is -2.33. The van der Waals surface area contributed by atoms with Gasteiger partial charge >= 0.3 is 35.4 Å². The monoisotopic (exact) mass is 1730 g/mol. The number of hydrogen-bond donors (Lipinski definition) is 13. The Hall–Kier alpha value is -5.96. The van der Waals surface area contributed by atoms with Crippen molar-refractivity contribution in [3.8, 4) is 11.8 Å². The van der Waals surface area contributed by atoms with E-state index in [-0.39, 0.29) is 110 Å². The number of nitrogens with one attached hydrogen (secondary N) is 4. The number of fused-ring (bicyclic) bond motifs is 1. The Morgan fingerprint density at radius 3 is 1.66 bits per heavy atom. The summed E-state index contributed by atoms with van der Waals surface area (Å²) in [7, 11) is -14.3. The normalized spacial score (nSPS) is 24.2. The number of aliphatic hydroxyl groups is 1. The van der Waals surface area contributed by atoms with Crippen LogP contribution in [0.5, 0.6) is 0 Å². The summed E-state index contributed by atoms with van der Waals surface area (Å²) in [5.41, 5.74) is 12.4. The summed E-state index contributed by atoms with van der Waals surface area (Å²) in [6.07, 6.45) is 35.3. The van der Waals surface area contributed by atoms with Crippen LogP contribution >= 0.6 is 45.1 Å². The second-order valence-corrected chi connectivity index (χ2v) is 39.2. The van der Waals surface area contributed by atoms with E-state index in [0.717, 1.165) is 55.8 Å². The molecule has 5 aliphatic carbocycles. The van der Waals surface area contributed by atoms with Gasteiger partial charge in [-0.3, -0.25) is 42.9 Å². The highest BCUT2D eigenvalue weighted by Crippen LogP contribution is 2.66. The molecule has 10 unspecified atom stereocenters. The van der Waals surface area contributed by atoms with Gasteiger partial charge < -0.3 is 91.6 Å². The number of likely N-dealkylation sites (tertiary alicyclic amines) is 3. The molecule has 7 amide bonds. The van der Waals surface area contributed by atoms with E-state index < -0.39 is 121 Å². The smallest absolute Gasteiger partial charge is 0.481 e. The molecule has 4 saturated heterocycles. The predicted octanol–water partition coefficient (Wildman–Crippen LogP) is 8.88. The molecule has 6 heterocycles. The number of phosphoric acid groups is 3. The third-order valence-electron chi connectivity index (χ3n) is 23.8. The number of nitrogen functional groups attached to an aromatic ring is 2. The van der Waals surface area contributed by atoms with Crippen molar-refractivity contribution < 1.29 is 110 Å². The molecular weight excluding hydrogens is 1610 g/mol. The quantitative estimate of drug-likeness (QED) is 0.0137. The molecule has 5 saturated carbocycles. The number of unbranched alkanes of at least 4 members (excludes halogenated alkanes) is 1. The van der Waals surface area contributed by atoms with Crippen molar-refractivity contribution in [3.05, 3.63) is 11.8 Å². The van der Waals surface area contributed by atoms with Crippen molar-refractivity contribution in [2.45, 2.75) is 293 Å². The Labute approximate surface area is 685 Å². The lowest BCUT2D eigenvalue weighted by Crippen LogP contribution is -2.58. The van der Waals surface area contributed by atoms with Crippen molar-refractivity contribution in [1.29, 1.82) is 0 Å². The number of amides is 7. The maximum Gasteiger partial charge on any atom is 0.490 e. The first-order chi connectivity index (χ1) is 55.4. The van der Waals surface area contributed by atoms with Crippen molar-refractivity contribution in [2.75, 3.05) is 62.3 Å². The van der Waals surface area contributed by atoms with Crippen LogP contribution in [0.15, 0.2) is 6.20 Å². The van der Waals surface area contributed by atoms with Gasteiger partial charge in [0.2, 0.25) is 47.3 Å². The molecule has 40 heteroatoms. The minimum Gasteiger partial charge on any atom is -0.481 e. The number of carbonyl (C=O) groups excluding carboxylic acids is 7. The third kappa shape index (κ3) is 29.2. The maximum atomic E-state index is 14.4. The van der Waals surface area contributed by atoms with Crippen LogP contribution in [0.4, 0.5) is 11.8 Å². The van der Waals surface area contributed by atoms with E-state index in [4.69, 9.17) is 26.0 Å². The molecule has 0 aromatic carbocycles. The van der Waals surface area contributed by atoms with Crippen molar-refractivity contribution in [1.82, 2.24) is 50.5 Å². The standard InChI is InChI=1S/C52H77N12O23P3S2.2C12H22/c53-44-43-31(28-64(45(43)60-52(54)59-44)41-27-37(65)38(85-41)29-84-89(80,81)87-90(82,83)86-88(77,78)79)12-6-20-55-39(66)17-24-91-92-25-18-40(67)61-21-9-16-36(61)50(74)63-23-8-15-35(63)47(71)57-32(13-4-5-19-56-46(70)30-10-2-1-3-11-30)49(73)62-22-7-14-34(62)48(72)58-33(51(75)76)26-42(68)69;2*1-3-7-11(8-4-1)12-9-5-2-6-10-12/h28,30,32-38,41,65H,1-5,7-11,13-27,29H2,(H,55,66)(H,56,70)(H,57,71)(H,58,72)(H,68,69)(H,75,76)(H,80,81)(H,82,83)(H2,77,78,79)(H4,53,54,59,60);2*11-12H,1-10H2. The van der Waals surface area contributed by atoms with Crippen LogP contribution in [0, 0.1) is 41.4 Å². The number of aliphatic hydroxyl groups excluding tert-OH is 1. The second-order valence-electron chi connectivity index (χ2n) is 32.1. The number of aliphatic carboxylic acids is 2. The van der Waals surface area contributed by atoms with E-state index in [2.05, 4.69) is 56.2 Å². The lowest BCUT2D eigenvalue weighted by atomic mass is 9.73. The first kappa shape index (κ1) is 93.9. The van der Waals surface area contributed by atoms with Gasteiger partial charge in [0.25, 0.3) is 0 Å². The number of nitrogens with two attached hydrogens (primary N) is 2. The van der Waals surface area contributed by atoms with Crippen LogP contribution in [0.3, 0.4) is 0 Å². The first-order valence-electron chi connectivity index (χ1n) is 41.7. The molecule has 9 aliphatic rings. The van der Waals surface area contributed by atoms with Crippen LogP contribution in [0.25, 0.3) is 11.0 Å². The molecule has 10 atom stereocenters. The largest absolute Gasteiger partial charge is 0.490 e. The van der Waals surface area contributed by atoms with Crippen LogP contribution < -0.4 is 32.7 Å². The maximum absolute atomic E-state index is 14.4. The zero-order chi connectivity index (χ0) is 83.5. The summed E-state index contributed by atoms with van der Waals surface area (Å²) in [4.78, 5) is 168. The van der Waals surface area contributed by atoms with Gasteiger partial charge in [0, 0.05) is 69.1 Å². The number of hydrogen-bond acceptors (Lipinski definition) is 23. The summed E-state index contributed by atoms with van der Waals surface area (Å²) in [5.74, 6) is 4.48. The first-order valence-corrected chi connectivity index (χ1v) is 48.7. The summed E-state index contributed by atoms with van der Waals surface area (Å²) >= 11 is 0. The van der Waals surface area contributed by atoms with E-state index in [0.29, 0.717) is 63.1 Å². The van der Waals surface area contributed by atoms with Gasteiger partial charge in [0.05, 0.1) is 36.6 Å². The van der Waals surface area contributed by atoms with Crippen LogP contribution in [-0.4, -0.2) is 211 Å². The minimum atomic E-state index is -5.80. The topological polar surface area (TPSA) is 524 Å². The summed E-state index contributed by atoms with van der Waals surface area (Å²) in [5, 5.41) is 40.5. The third-order valence-corrected chi connectivity index (χ3v) is 30.0. The fourth-order valence-electron chi connectivity index (χ4n) is 18.0. The molecular formula is C76H121N12O23P3S2. The second kappa shape index (κ2) is 46.2. The number of aromatic nitrogens is 3. The number of rotatable bonds is 33. The van der Waals surface area contributed by atoms with Gasteiger partial charge in [-0.05, 0) is 94.3 Å².